The van der Waals surface area contributed by atoms with E-state index in [-0.39, 0.29) is 11.4 Å². The fourth-order valence-corrected chi connectivity index (χ4v) is 4.66. The van der Waals surface area contributed by atoms with Crippen molar-refractivity contribution in [1.82, 2.24) is 15.2 Å². The quantitative estimate of drug-likeness (QED) is 0.228. The van der Waals surface area contributed by atoms with Crippen molar-refractivity contribution in [2.75, 3.05) is 58.4 Å². The first-order chi connectivity index (χ1) is 19.7. The summed E-state index contributed by atoms with van der Waals surface area (Å²) in [5.74, 6) is 2.39. The summed E-state index contributed by atoms with van der Waals surface area (Å²) < 4.78 is 23.3. The molecule has 0 aliphatic carbocycles. The lowest BCUT2D eigenvalue weighted by Gasteiger charge is -2.26. The van der Waals surface area contributed by atoms with Crippen molar-refractivity contribution in [3.05, 3.63) is 47.6 Å². The van der Waals surface area contributed by atoms with Gasteiger partial charge in [-0.1, -0.05) is 32.4 Å². The van der Waals surface area contributed by atoms with Gasteiger partial charge in [0.15, 0.2) is 11.5 Å². The number of carbonyl (C=O) groups excluding carboxylic acids is 1. The van der Waals surface area contributed by atoms with Gasteiger partial charge in [0.1, 0.15) is 11.5 Å². The molecule has 0 bridgehead atoms. The highest BCUT2D eigenvalue weighted by atomic mass is 35.5. The molecule has 222 valence electrons. The largest absolute Gasteiger partial charge is 0.493 e. The number of benzene rings is 2. The van der Waals surface area contributed by atoms with Gasteiger partial charge in [0.25, 0.3) is 0 Å². The van der Waals surface area contributed by atoms with Crippen molar-refractivity contribution in [2.24, 2.45) is 5.41 Å². The summed E-state index contributed by atoms with van der Waals surface area (Å²) in [7, 11) is 1.62. The van der Waals surface area contributed by atoms with Crippen LogP contribution in [0.4, 0.5) is 10.5 Å². The molecule has 1 saturated heterocycles. The van der Waals surface area contributed by atoms with E-state index in [9.17, 15) is 4.79 Å². The molecule has 3 aromatic rings. The first-order valence-corrected chi connectivity index (χ1v) is 14.5. The maximum absolute atomic E-state index is 12.3. The number of rotatable bonds is 12. The van der Waals surface area contributed by atoms with Crippen LogP contribution in [0.1, 0.15) is 40.0 Å². The Hall–Kier alpha value is -3.27. The van der Waals surface area contributed by atoms with Gasteiger partial charge in [-0.3, -0.25) is 9.88 Å². The molecule has 0 spiro atoms. The van der Waals surface area contributed by atoms with Crippen molar-refractivity contribution in [2.45, 2.75) is 40.0 Å². The maximum atomic E-state index is 12.3. The lowest BCUT2D eigenvalue weighted by atomic mass is 9.92. The molecule has 4 rings (SSSR count). The van der Waals surface area contributed by atoms with Crippen molar-refractivity contribution >= 4 is 34.2 Å². The Balaban J connectivity index is 1.36. The van der Waals surface area contributed by atoms with Gasteiger partial charge in [-0.05, 0) is 55.5 Å². The molecule has 1 aliphatic heterocycles. The molecular weight excluding hydrogens is 544 g/mol. The van der Waals surface area contributed by atoms with Crippen LogP contribution in [0.3, 0.4) is 0 Å². The Morgan fingerprint density at radius 3 is 2.61 bits per heavy atom. The monoisotopic (exact) mass is 584 g/mol. The Morgan fingerprint density at radius 2 is 1.88 bits per heavy atom. The number of unbranched alkanes of at least 4 members (excludes halogenated alkanes) is 1. The van der Waals surface area contributed by atoms with E-state index in [1.807, 2.05) is 12.1 Å². The van der Waals surface area contributed by atoms with Crippen LogP contribution < -0.4 is 24.8 Å². The predicted octanol–water partition coefficient (Wildman–Crippen LogP) is 6.74. The second-order valence-corrected chi connectivity index (χ2v) is 11.7. The van der Waals surface area contributed by atoms with Crippen LogP contribution in [0.2, 0.25) is 5.02 Å². The third-order valence-electron chi connectivity index (χ3n) is 6.79. The number of pyridine rings is 1. The summed E-state index contributed by atoms with van der Waals surface area (Å²) in [5, 5.41) is 6.80. The first-order valence-electron chi connectivity index (χ1n) is 14.1. The Labute approximate surface area is 247 Å². The van der Waals surface area contributed by atoms with Crippen molar-refractivity contribution < 1.29 is 23.7 Å². The number of fused-ring (bicyclic) bond motifs is 1. The van der Waals surface area contributed by atoms with E-state index in [1.165, 1.54) is 0 Å². The van der Waals surface area contributed by atoms with Crippen molar-refractivity contribution in [3.63, 3.8) is 0 Å². The predicted molar refractivity (Wildman–Crippen MR) is 163 cm³/mol. The molecule has 2 amide bonds. The van der Waals surface area contributed by atoms with Crippen LogP contribution >= 0.6 is 11.6 Å². The summed E-state index contributed by atoms with van der Waals surface area (Å²) in [6, 6.07) is 10.4. The lowest BCUT2D eigenvalue weighted by molar-refractivity contribution is 0.0368. The van der Waals surface area contributed by atoms with Crippen LogP contribution in [-0.2, 0) is 4.74 Å². The molecule has 2 heterocycles. The highest BCUT2D eigenvalue weighted by Crippen LogP contribution is 2.38. The number of carbonyl (C=O) groups is 1. The molecule has 2 aromatic carbocycles. The minimum atomic E-state index is -0.299. The normalized spacial score (nSPS) is 14.1. The lowest BCUT2D eigenvalue weighted by Crippen LogP contribution is -2.36. The van der Waals surface area contributed by atoms with Gasteiger partial charge >= 0.3 is 6.03 Å². The number of halogens is 1. The molecular formula is C31H41ClN4O5. The van der Waals surface area contributed by atoms with Crippen LogP contribution in [0, 0.1) is 5.41 Å². The second kappa shape index (κ2) is 14.6. The molecule has 1 fully saturated rings. The van der Waals surface area contributed by atoms with Gasteiger partial charge in [0, 0.05) is 43.4 Å². The topological polar surface area (TPSA) is 94.2 Å². The average Bonchev–Trinajstić information content (AvgIpc) is 2.94. The fraction of sp³-hybridized carbons (Fsp3) is 0.484. The SMILES string of the molecule is COc1cc2c(Oc3ccc(NC(=O)NCCC(C)(C)C)c(Cl)c3)ccnc2cc1OCCCCN1CCOCC1. The summed E-state index contributed by atoms with van der Waals surface area (Å²) in [6.07, 6.45) is 4.56. The number of methoxy groups -OCH3 is 1. The molecule has 0 radical (unpaired) electrons. The third kappa shape index (κ3) is 9.38. The highest BCUT2D eigenvalue weighted by Gasteiger charge is 2.15. The molecule has 0 unspecified atom stereocenters. The minimum absolute atomic E-state index is 0.142. The van der Waals surface area contributed by atoms with E-state index in [0.717, 1.165) is 63.0 Å². The molecule has 1 aromatic heterocycles. The van der Waals surface area contributed by atoms with Gasteiger partial charge in [0.05, 0.1) is 43.2 Å². The Bertz CT molecular complexity index is 1310. The third-order valence-corrected chi connectivity index (χ3v) is 7.11. The van der Waals surface area contributed by atoms with Crippen molar-refractivity contribution in [1.29, 1.82) is 0 Å². The summed E-state index contributed by atoms with van der Waals surface area (Å²) in [5.41, 5.74) is 1.37. The molecule has 1 aliphatic rings. The van der Waals surface area contributed by atoms with E-state index in [1.54, 1.807) is 37.6 Å². The molecule has 2 N–H and O–H groups in total. The van der Waals surface area contributed by atoms with Gasteiger partial charge in [-0.15, -0.1) is 0 Å². The second-order valence-electron chi connectivity index (χ2n) is 11.3. The van der Waals surface area contributed by atoms with Crippen molar-refractivity contribution in [3.8, 4) is 23.0 Å². The maximum Gasteiger partial charge on any atom is 0.319 e. The van der Waals surface area contributed by atoms with Gasteiger partial charge < -0.3 is 29.6 Å². The number of nitrogens with zero attached hydrogens (tertiary/aromatic N) is 2. The van der Waals surface area contributed by atoms with E-state index in [0.29, 0.717) is 46.9 Å². The van der Waals surface area contributed by atoms with E-state index >= 15 is 0 Å². The Morgan fingerprint density at radius 1 is 1.07 bits per heavy atom. The molecule has 0 atom stereocenters. The number of anilines is 1. The molecule has 41 heavy (non-hydrogen) atoms. The van der Waals surface area contributed by atoms with Crippen LogP contribution in [0.15, 0.2) is 42.6 Å². The highest BCUT2D eigenvalue weighted by molar-refractivity contribution is 6.33. The fourth-order valence-electron chi connectivity index (χ4n) is 4.44. The first kappa shape index (κ1) is 30.7. The van der Waals surface area contributed by atoms with Gasteiger partial charge in [-0.2, -0.15) is 0 Å². The number of nitrogens with one attached hydrogen (secondary N) is 2. The minimum Gasteiger partial charge on any atom is -0.493 e. The van der Waals surface area contributed by atoms with Gasteiger partial charge in [-0.25, -0.2) is 4.79 Å². The molecule has 0 saturated carbocycles. The smallest absolute Gasteiger partial charge is 0.319 e. The molecule has 10 heteroatoms. The summed E-state index contributed by atoms with van der Waals surface area (Å²) in [4.78, 5) is 19.2. The zero-order valence-electron chi connectivity index (χ0n) is 24.4. The van der Waals surface area contributed by atoms with E-state index in [2.05, 4.69) is 41.3 Å². The number of urea groups is 1. The summed E-state index contributed by atoms with van der Waals surface area (Å²) >= 11 is 6.47. The number of hydrogen-bond donors (Lipinski definition) is 2. The Kier molecular flexibility index (Phi) is 10.9. The van der Waals surface area contributed by atoms with E-state index < -0.39 is 0 Å². The van der Waals surface area contributed by atoms with Crippen LogP contribution in [-0.4, -0.2) is 69.0 Å². The number of amides is 2. The van der Waals surface area contributed by atoms with Crippen LogP contribution in [0.5, 0.6) is 23.0 Å². The van der Waals surface area contributed by atoms with Gasteiger partial charge in [0.2, 0.25) is 0 Å². The number of aromatic nitrogens is 1. The average molecular weight is 585 g/mol. The zero-order valence-corrected chi connectivity index (χ0v) is 25.2. The zero-order chi connectivity index (χ0) is 29.2. The number of hydrogen-bond acceptors (Lipinski definition) is 7. The van der Waals surface area contributed by atoms with Crippen LogP contribution in [0.25, 0.3) is 10.9 Å². The molecule has 9 nitrogen and oxygen atoms in total. The summed E-state index contributed by atoms with van der Waals surface area (Å²) in [6.45, 7) is 12.2. The number of ether oxygens (including phenoxy) is 4. The standard InChI is InChI=1S/C31H41ClN4O5/c1-31(2,3)10-12-34-30(37)35-25-8-7-22(19-24(25)32)41-27-9-11-33-26-21-29(28(38-4)20-23(26)27)40-16-6-5-13-36-14-17-39-18-15-36/h7-9,11,19-21H,5-6,10,12-18H2,1-4H3,(H2,34,35,37). The number of morpholine rings is 1. The van der Waals surface area contributed by atoms with E-state index in [4.69, 9.17) is 30.5 Å².